The Labute approximate surface area is 112 Å². The van der Waals surface area contributed by atoms with Crippen LogP contribution in [0.25, 0.3) is 10.2 Å². The second-order valence-corrected chi connectivity index (χ2v) is 7.28. The summed E-state index contributed by atoms with van der Waals surface area (Å²) in [5, 5.41) is 0.0802. The maximum Gasteiger partial charge on any atom is 0.182 e. The van der Waals surface area contributed by atoms with Crippen LogP contribution in [0.3, 0.4) is 0 Å². The topological polar surface area (TPSA) is 65.2 Å². The zero-order valence-electron chi connectivity index (χ0n) is 9.80. The van der Waals surface area contributed by atoms with Crippen LogP contribution in [0.1, 0.15) is 12.8 Å². The number of thiazole rings is 1. The van der Waals surface area contributed by atoms with E-state index in [0.717, 1.165) is 29.7 Å². The first-order valence-electron chi connectivity index (χ1n) is 5.88. The molecule has 4 nitrogen and oxygen atoms in total. The summed E-state index contributed by atoms with van der Waals surface area (Å²) in [4.78, 5) is 4.44. The van der Waals surface area contributed by atoms with Gasteiger partial charge in [-0.2, -0.15) is 0 Å². The van der Waals surface area contributed by atoms with Crippen molar-refractivity contribution in [2.45, 2.75) is 22.4 Å². The van der Waals surface area contributed by atoms with Crippen molar-refractivity contribution in [1.82, 2.24) is 4.98 Å². The third-order valence-corrected chi connectivity index (χ3v) is 5.95. The number of ether oxygens (including phenoxy) is 1. The van der Waals surface area contributed by atoms with Crippen LogP contribution in [-0.4, -0.2) is 27.7 Å². The highest BCUT2D eigenvalue weighted by Gasteiger charge is 2.24. The van der Waals surface area contributed by atoms with Crippen molar-refractivity contribution in [3.05, 3.63) is 18.2 Å². The summed E-state index contributed by atoms with van der Waals surface area (Å²) in [6.45, 7) is 1.36. The van der Waals surface area contributed by atoms with Crippen molar-refractivity contribution in [2.75, 3.05) is 18.9 Å². The smallest absolute Gasteiger partial charge is 0.182 e. The van der Waals surface area contributed by atoms with Crippen LogP contribution >= 0.6 is 11.3 Å². The van der Waals surface area contributed by atoms with Crippen molar-refractivity contribution < 1.29 is 8.95 Å². The standard InChI is InChI=1S/C12H14N2O2S2/c13-8-3-4-10-11(6-8)17-12(14-10)18(15)9-2-1-5-16-7-9/h3-4,6,9H,1-2,5,7,13H2. The van der Waals surface area contributed by atoms with Crippen molar-refractivity contribution in [1.29, 1.82) is 0 Å². The highest BCUT2D eigenvalue weighted by Crippen LogP contribution is 2.28. The molecule has 2 heterocycles. The summed E-state index contributed by atoms with van der Waals surface area (Å²) in [5.41, 5.74) is 7.32. The Morgan fingerprint density at radius 1 is 1.50 bits per heavy atom. The summed E-state index contributed by atoms with van der Waals surface area (Å²) in [5.74, 6) is 0. The number of benzene rings is 1. The second-order valence-electron chi connectivity index (χ2n) is 4.34. The summed E-state index contributed by atoms with van der Waals surface area (Å²) in [6, 6.07) is 5.57. The lowest BCUT2D eigenvalue weighted by atomic mass is 10.2. The average molecular weight is 282 g/mol. The minimum absolute atomic E-state index is 0.0802. The number of hydrogen-bond acceptors (Lipinski definition) is 5. The molecule has 1 aromatic carbocycles. The first-order valence-corrected chi connectivity index (χ1v) is 7.91. The van der Waals surface area contributed by atoms with Crippen LogP contribution in [0.4, 0.5) is 5.69 Å². The van der Waals surface area contributed by atoms with Crippen LogP contribution in [0.5, 0.6) is 0 Å². The SMILES string of the molecule is Nc1ccc2nc(S(=O)C3CCCOC3)sc2c1. The molecule has 0 spiro atoms. The summed E-state index contributed by atoms with van der Waals surface area (Å²) < 4.78 is 19.5. The molecule has 2 unspecified atom stereocenters. The number of aromatic nitrogens is 1. The van der Waals surface area contributed by atoms with Gasteiger partial charge in [-0.15, -0.1) is 11.3 Å². The predicted molar refractivity (Wildman–Crippen MR) is 74.3 cm³/mol. The van der Waals surface area contributed by atoms with E-state index in [2.05, 4.69) is 4.98 Å². The number of nitrogen functional groups attached to an aromatic ring is 1. The van der Waals surface area contributed by atoms with Crippen molar-refractivity contribution in [3.8, 4) is 0 Å². The molecular weight excluding hydrogens is 268 g/mol. The lowest BCUT2D eigenvalue weighted by molar-refractivity contribution is 0.100. The number of nitrogens with zero attached hydrogens (tertiary/aromatic N) is 1. The lowest BCUT2D eigenvalue weighted by Crippen LogP contribution is -2.26. The molecule has 0 radical (unpaired) electrons. The van der Waals surface area contributed by atoms with E-state index >= 15 is 0 Å². The van der Waals surface area contributed by atoms with Crippen LogP contribution in [-0.2, 0) is 15.5 Å². The quantitative estimate of drug-likeness (QED) is 0.857. The van der Waals surface area contributed by atoms with Gasteiger partial charge in [-0.3, -0.25) is 4.21 Å². The molecule has 0 bridgehead atoms. The van der Waals surface area contributed by atoms with Gasteiger partial charge >= 0.3 is 0 Å². The van der Waals surface area contributed by atoms with E-state index < -0.39 is 10.8 Å². The van der Waals surface area contributed by atoms with E-state index in [0.29, 0.717) is 16.6 Å². The Hall–Kier alpha value is -0.980. The van der Waals surface area contributed by atoms with E-state index in [-0.39, 0.29) is 5.25 Å². The van der Waals surface area contributed by atoms with Gasteiger partial charge in [0.25, 0.3) is 0 Å². The minimum atomic E-state index is -1.07. The zero-order chi connectivity index (χ0) is 12.5. The Bertz CT molecular complexity index is 591. The fraction of sp³-hybridized carbons (Fsp3) is 0.417. The molecular formula is C12H14N2O2S2. The summed E-state index contributed by atoms with van der Waals surface area (Å²) in [7, 11) is -1.07. The summed E-state index contributed by atoms with van der Waals surface area (Å²) in [6.07, 6.45) is 1.93. The van der Waals surface area contributed by atoms with Crippen LogP contribution in [0.15, 0.2) is 22.5 Å². The van der Waals surface area contributed by atoms with E-state index in [4.69, 9.17) is 10.5 Å². The lowest BCUT2D eigenvalue weighted by Gasteiger charge is -2.19. The van der Waals surface area contributed by atoms with Crippen molar-refractivity contribution in [3.63, 3.8) is 0 Å². The highest BCUT2D eigenvalue weighted by atomic mass is 32.2. The Kier molecular flexibility index (Phi) is 3.32. The fourth-order valence-corrected chi connectivity index (χ4v) is 4.85. The van der Waals surface area contributed by atoms with Crippen LogP contribution in [0, 0.1) is 0 Å². The molecule has 96 valence electrons. The fourth-order valence-electron chi connectivity index (χ4n) is 2.03. The van der Waals surface area contributed by atoms with Gasteiger partial charge in [0.2, 0.25) is 0 Å². The number of fused-ring (bicyclic) bond motifs is 1. The Morgan fingerprint density at radius 3 is 3.17 bits per heavy atom. The third-order valence-electron chi connectivity index (χ3n) is 2.99. The normalized spacial score (nSPS) is 22.1. The highest BCUT2D eigenvalue weighted by molar-refractivity contribution is 7.88. The van der Waals surface area contributed by atoms with E-state index in [9.17, 15) is 4.21 Å². The molecule has 1 saturated heterocycles. The number of rotatable bonds is 2. The maximum absolute atomic E-state index is 12.4. The molecule has 1 aliphatic heterocycles. The largest absolute Gasteiger partial charge is 0.399 e. The van der Waals surface area contributed by atoms with Crippen molar-refractivity contribution >= 4 is 38.0 Å². The molecule has 18 heavy (non-hydrogen) atoms. The maximum atomic E-state index is 12.4. The zero-order valence-corrected chi connectivity index (χ0v) is 11.4. The van der Waals surface area contributed by atoms with E-state index in [1.54, 1.807) is 0 Å². The van der Waals surface area contributed by atoms with Gasteiger partial charge in [-0.1, -0.05) is 0 Å². The van der Waals surface area contributed by atoms with Crippen LogP contribution in [0.2, 0.25) is 0 Å². The second kappa shape index (κ2) is 4.95. The monoisotopic (exact) mass is 282 g/mol. The van der Waals surface area contributed by atoms with Crippen LogP contribution < -0.4 is 5.73 Å². The molecule has 0 aliphatic carbocycles. The minimum Gasteiger partial charge on any atom is -0.399 e. The molecule has 6 heteroatoms. The van der Waals surface area contributed by atoms with Gasteiger partial charge in [0, 0.05) is 12.3 Å². The molecule has 2 atom stereocenters. The molecule has 1 aliphatic rings. The van der Waals surface area contributed by atoms with Gasteiger partial charge < -0.3 is 10.5 Å². The van der Waals surface area contributed by atoms with E-state index in [1.807, 2.05) is 18.2 Å². The van der Waals surface area contributed by atoms with Gasteiger partial charge in [-0.05, 0) is 31.0 Å². The molecule has 1 fully saturated rings. The molecule has 3 rings (SSSR count). The molecule has 0 amide bonds. The van der Waals surface area contributed by atoms with Gasteiger partial charge in [0.15, 0.2) is 4.34 Å². The number of anilines is 1. The average Bonchev–Trinajstić information content (AvgIpc) is 2.81. The third kappa shape index (κ3) is 2.28. The molecule has 1 aromatic heterocycles. The molecule has 0 saturated carbocycles. The van der Waals surface area contributed by atoms with Gasteiger partial charge in [0.1, 0.15) is 0 Å². The summed E-state index contributed by atoms with van der Waals surface area (Å²) >= 11 is 1.47. The first-order chi connectivity index (χ1) is 8.74. The molecule has 2 aromatic rings. The van der Waals surface area contributed by atoms with Gasteiger partial charge in [0.05, 0.1) is 32.9 Å². The Balaban J connectivity index is 1.91. The number of hydrogen-bond donors (Lipinski definition) is 1. The van der Waals surface area contributed by atoms with E-state index in [1.165, 1.54) is 11.3 Å². The molecule has 2 N–H and O–H groups in total. The first kappa shape index (κ1) is 12.1. The number of nitrogens with two attached hydrogens (primary N) is 1. The van der Waals surface area contributed by atoms with Crippen molar-refractivity contribution in [2.24, 2.45) is 0 Å². The predicted octanol–water partition coefficient (Wildman–Crippen LogP) is 2.17. The van der Waals surface area contributed by atoms with Gasteiger partial charge in [-0.25, -0.2) is 4.98 Å². The Morgan fingerprint density at radius 2 is 2.39 bits per heavy atom.